The Labute approximate surface area is 304 Å². The van der Waals surface area contributed by atoms with Gasteiger partial charge in [0.2, 0.25) is 0 Å². The van der Waals surface area contributed by atoms with Crippen LogP contribution in [0.2, 0.25) is 5.04 Å². The second kappa shape index (κ2) is 15.3. The lowest BCUT2D eigenvalue weighted by Crippen LogP contribution is -2.67. The molecule has 0 bridgehead atoms. The van der Waals surface area contributed by atoms with Crippen LogP contribution in [0.4, 0.5) is 27.6 Å². The summed E-state index contributed by atoms with van der Waals surface area (Å²) in [5.41, 5.74) is 1.02. The molecule has 0 amide bonds. The number of phenolic OH excluding ortho intramolecular Hbond substituents is 1. The maximum absolute atomic E-state index is 16.6. The Morgan fingerprint density at radius 1 is 0.885 bits per heavy atom. The molecule has 0 saturated carbocycles. The predicted octanol–water partition coefficient (Wildman–Crippen LogP) is 7.67. The highest BCUT2D eigenvalue weighted by Gasteiger charge is 2.52. The van der Waals surface area contributed by atoms with Crippen LogP contribution in [0.25, 0.3) is 0 Å². The van der Waals surface area contributed by atoms with Crippen LogP contribution in [0.5, 0.6) is 5.75 Å². The predicted molar refractivity (Wildman–Crippen MR) is 199 cm³/mol. The summed E-state index contributed by atoms with van der Waals surface area (Å²) in [6.45, 7) is 7.58. The number of nitrogens with zero attached hydrogens (tertiary/aromatic N) is 2. The Kier molecular flexibility index (Phi) is 11.2. The Bertz CT molecular complexity index is 1760. The molecule has 2 heterocycles. The van der Waals surface area contributed by atoms with Crippen LogP contribution in [0.3, 0.4) is 0 Å². The number of phenols is 1. The van der Waals surface area contributed by atoms with Gasteiger partial charge < -0.3 is 14.8 Å². The van der Waals surface area contributed by atoms with Gasteiger partial charge >= 0.3 is 0 Å². The number of likely N-dealkylation sites (tertiary alicyclic amines) is 1. The quantitative estimate of drug-likeness (QED) is 0.109. The van der Waals surface area contributed by atoms with E-state index >= 15 is 17.6 Å². The molecule has 1 fully saturated rings. The minimum Gasteiger partial charge on any atom is -0.508 e. The molecule has 0 spiro atoms. The van der Waals surface area contributed by atoms with Crippen LogP contribution < -0.4 is 15.7 Å². The van der Waals surface area contributed by atoms with Gasteiger partial charge in [-0.1, -0.05) is 87.5 Å². The van der Waals surface area contributed by atoms with Gasteiger partial charge in [-0.3, -0.25) is 14.2 Å². The van der Waals surface area contributed by atoms with E-state index in [-0.39, 0.29) is 23.0 Å². The van der Waals surface area contributed by atoms with E-state index in [0.717, 1.165) is 10.4 Å². The van der Waals surface area contributed by atoms with Gasteiger partial charge in [0.15, 0.2) is 0 Å². The number of fused-ring (bicyclic) bond motifs is 1. The standard InChI is InChI=1S/C41H48F5N3O2Si/c1-28-20-29-21-32(50)16-17-35(29)39(38-36(43)22-30(23-37(38)44)47-31-24-48(25-31)19-11-18-42)49(28)26-41(45,46)27-51-52(40(2,3)4,33-12-7-5-8-13-33)34-14-9-6-10-15-34/h5-10,12-17,21-23,28,31,39,47,50H,11,18-20,24-27H2,1-4H3/t28-,39+/m1/s1. The van der Waals surface area contributed by atoms with E-state index in [0.29, 0.717) is 43.6 Å². The minimum atomic E-state index is -3.42. The summed E-state index contributed by atoms with van der Waals surface area (Å²) >= 11 is 0. The second-order valence-electron chi connectivity index (χ2n) is 15.3. The smallest absolute Gasteiger partial charge is 0.282 e. The molecule has 4 aromatic carbocycles. The van der Waals surface area contributed by atoms with E-state index in [1.807, 2.05) is 81.4 Å². The molecule has 2 aliphatic heterocycles. The van der Waals surface area contributed by atoms with Crippen LogP contribution in [-0.4, -0.2) is 80.7 Å². The average molecular weight is 738 g/mol. The second-order valence-corrected chi connectivity index (χ2v) is 19.6. The van der Waals surface area contributed by atoms with Crippen molar-refractivity contribution in [3.05, 3.63) is 119 Å². The average Bonchev–Trinajstić information content (AvgIpc) is 3.07. The van der Waals surface area contributed by atoms with Crippen molar-refractivity contribution < 1.29 is 31.5 Å². The van der Waals surface area contributed by atoms with E-state index in [1.165, 1.54) is 29.2 Å². The number of rotatable bonds is 13. The lowest BCUT2D eigenvalue weighted by atomic mass is 9.84. The lowest BCUT2D eigenvalue weighted by Gasteiger charge is -2.46. The van der Waals surface area contributed by atoms with Crippen molar-refractivity contribution >= 4 is 24.4 Å². The number of anilines is 1. The van der Waals surface area contributed by atoms with Crippen LogP contribution in [0, 0.1) is 11.6 Å². The Morgan fingerprint density at radius 3 is 2.04 bits per heavy atom. The third-order valence-corrected chi connectivity index (χ3v) is 15.4. The van der Waals surface area contributed by atoms with Gasteiger partial charge in [0.05, 0.1) is 31.9 Å². The number of aromatic hydroxyl groups is 1. The van der Waals surface area contributed by atoms with E-state index in [2.05, 4.69) is 10.2 Å². The first-order valence-corrected chi connectivity index (χ1v) is 19.9. The van der Waals surface area contributed by atoms with Crippen molar-refractivity contribution in [2.75, 3.05) is 44.8 Å². The fraction of sp³-hybridized carbons (Fsp3) is 0.415. The maximum Gasteiger partial charge on any atom is 0.282 e. The van der Waals surface area contributed by atoms with Gasteiger partial charge in [-0.25, -0.2) is 17.6 Å². The van der Waals surface area contributed by atoms with Crippen molar-refractivity contribution in [2.24, 2.45) is 0 Å². The normalized spacial score (nSPS) is 18.9. The van der Waals surface area contributed by atoms with Gasteiger partial charge in [0.25, 0.3) is 14.2 Å². The zero-order chi connectivity index (χ0) is 37.3. The summed E-state index contributed by atoms with van der Waals surface area (Å²) in [4.78, 5) is 3.53. The van der Waals surface area contributed by atoms with Gasteiger partial charge in [-0.15, -0.1) is 0 Å². The van der Waals surface area contributed by atoms with E-state index in [9.17, 15) is 9.50 Å². The summed E-state index contributed by atoms with van der Waals surface area (Å²) in [5, 5.41) is 14.7. The third-order valence-electron chi connectivity index (χ3n) is 10.5. The van der Waals surface area contributed by atoms with Gasteiger partial charge in [-0.2, -0.15) is 0 Å². The van der Waals surface area contributed by atoms with Crippen molar-refractivity contribution in [3.63, 3.8) is 0 Å². The molecule has 11 heteroatoms. The SMILES string of the molecule is C[C@@H]1Cc2cc(O)ccc2[C@@H](c2c(F)cc(NC3CN(CCCF)C3)cc2F)N1CC(F)(F)CO[Si](c1ccccc1)(c1ccccc1)C(C)(C)C. The van der Waals surface area contributed by atoms with Crippen LogP contribution in [-0.2, 0) is 10.8 Å². The van der Waals surface area contributed by atoms with Crippen LogP contribution in [0.1, 0.15) is 56.8 Å². The minimum absolute atomic E-state index is 0.0104. The summed E-state index contributed by atoms with van der Waals surface area (Å²) in [6, 6.07) is 24.3. The van der Waals surface area contributed by atoms with Crippen molar-refractivity contribution in [2.45, 2.75) is 69.6 Å². The molecule has 5 nitrogen and oxygen atoms in total. The highest BCUT2D eigenvalue weighted by Crippen LogP contribution is 2.44. The Balaban J connectivity index is 1.31. The summed E-state index contributed by atoms with van der Waals surface area (Å²) < 4.78 is 84.9. The topological polar surface area (TPSA) is 48.0 Å². The van der Waals surface area contributed by atoms with Crippen LogP contribution >= 0.6 is 0 Å². The molecule has 0 radical (unpaired) electrons. The Morgan fingerprint density at radius 2 is 1.48 bits per heavy atom. The zero-order valence-electron chi connectivity index (χ0n) is 30.2. The largest absolute Gasteiger partial charge is 0.508 e. The number of hydrogen-bond donors (Lipinski definition) is 2. The number of hydrogen-bond acceptors (Lipinski definition) is 5. The van der Waals surface area contributed by atoms with Crippen molar-refractivity contribution in [1.29, 1.82) is 0 Å². The molecule has 0 aliphatic carbocycles. The summed E-state index contributed by atoms with van der Waals surface area (Å²) in [6.07, 6.45) is 0.736. The monoisotopic (exact) mass is 737 g/mol. The molecule has 278 valence electrons. The number of nitrogens with one attached hydrogen (secondary N) is 1. The molecular formula is C41H48F5N3O2Si. The zero-order valence-corrected chi connectivity index (χ0v) is 31.2. The summed E-state index contributed by atoms with van der Waals surface area (Å²) in [7, 11) is -3.31. The molecular weight excluding hydrogens is 690 g/mol. The molecule has 6 rings (SSSR count). The highest BCUT2D eigenvalue weighted by atomic mass is 28.4. The number of halogens is 5. The third kappa shape index (κ3) is 7.78. The molecule has 2 aliphatic rings. The molecule has 4 aromatic rings. The van der Waals surface area contributed by atoms with E-state index in [1.54, 1.807) is 13.0 Å². The molecule has 2 atom stereocenters. The van der Waals surface area contributed by atoms with Gasteiger partial charge in [-0.05, 0) is 70.6 Å². The summed E-state index contributed by atoms with van der Waals surface area (Å²) in [5.74, 6) is -5.14. The number of alkyl halides is 3. The highest BCUT2D eigenvalue weighted by molar-refractivity contribution is 6.99. The van der Waals surface area contributed by atoms with Gasteiger partial charge in [0, 0.05) is 36.9 Å². The Hall–Kier alpha value is -3.77. The van der Waals surface area contributed by atoms with E-state index in [4.69, 9.17) is 4.43 Å². The molecule has 0 unspecified atom stereocenters. The molecule has 1 saturated heterocycles. The fourth-order valence-electron chi connectivity index (χ4n) is 8.05. The van der Waals surface area contributed by atoms with E-state index < -0.39 is 62.8 Å². The number of benzene rings is 4. The maximum atomic E-state index is 16.6. The molecule has 2 N–H and O–H groups in total. The molecule has 52 heavy (non-hydrogen) atoms. The first-order chi connectivity index (χ1) is 24.7. The lowest BCUT2D eigenvalue weighted by molar-refractivity contribution is -0.0823. The first-order valence-electron chi connectivity index (χ1n) is 18.0. The van der Waals surface area contributed by atoms with Crippen molar-refractivity contribution in [1.82, 2.24) is 9.80 Å². The van der Waals surface area contributed by atoms with Gasteiger partial charge in [0.1, 0.15) is 17.4 Å². The first kappa shape index (κ1) is 38.0. The fourth-order valence-corrected chi connectivity index (χ4v) is 12.6. The van der Waals surface area contributed by atoms with Crippen LogP contribution in [0.15, 0.2) is 91.0 Å². The molecule has 0 aromatic heterocycles. The van der Waals surface area contributed by atoms with Crippen molar-refractivity contribution in [3.8, 4) is 5.75 Å².